The molecule has 1 aliphatic heterocycles. The number of aromatic nitrogens is 1. The van der Waals surface area contributed by atoms with E-state index in [1.54, 1.807) is 0 Å². The van der Waals surface area contributed by atoms with Gasteiger partial charge in [0.05, 0.1) is 18.5 Å². The van der Waals surface area contributed by atoms with E-state index >= 15 is 0 Å². The van der Waals surface area contributed by atoms with Gasteiger partial charge in [0.15, 0.2) is 0 Å². The number of benzene rings is 1. The van der Waals surface area contributed by atoms with Crippen molar-refractivity contribution in [3.8, 4) is 0 Å². The highest BCUT2D eigenvalue weighted by Gasteiger charge is 2.38. The number of piperidine rings is 1. The van der Waals surface area contributed by atoms with Gasteiger partial charge in [-0.3, -0.25) is 9.52 Å². The Morgan fingerprint density at radius 2 is 1.88 bits per heavy atom. The molecular weight excluding hydrogens is 459 g/mol. The number of esters is 1. The number of ether oxygens (including phenoxy) is 1. The molecule has 1 saturated heterocycles. The van der Waals surface area contributed by atoms with Crippen molar-refractivity contribution in [2.45, 2.75) is 50.7 Å². The van der Waals surface area contributed by atoms with Crippen molar-refractivity contribution in [2.24, 2.45) is 0 Å². The molecule has 33 heavy (non-hydrogen) atoms. The van der Waals surface area contributed by atoms with Gasteiger partial charge in [0.25, 0.3) is 0 Å². The molecular formula is C22H26F3N3O4S. The number of hydrogen-bond donors (Lipinski definition) is 1. The number of pyridine rings is 1. The minimum atomic E-state index is -4.62. The molecule has 180 valence electrons. The van der Waals surface area contributed by atoms with E-state index in [0.29, 0.717) is 31.7 Å². The summed E-state index contributed by atoms with van der Waals surface area (Å²) in [4.78, 5) is 15.9. The third kappa shape index (κ3) is 7.16. The fourth-order valence-electron chi connectivity index (χ4n) is 3.60. The lowest BCUT2D eigenvalue weighted by atomic mass is 10.1. The molecule has 3 rings (SSSR count). The Balaban J connectivity index is 1.54. The molecule has 1 N–H and O–H groups in total. The van der Waals surface area contributed by atoms with Crippen LogP contribution in [0.3, 0.4) is 0 Å². The number of nitrogens with one attached hydrogen (secondary N) is 1. The Labute approximate surface area is 191 Å². The molecule has 0 saturated carbocycles. The molecule has 1 aromatic heterocycles. The summed E-state index contributed by atoms with van der Waals surface area (Å²) in [5.41, 5.74) is -0.0593. The van der Waals surface area contributed by atoms with Crippen molar-refractivity contribution >= 4 is 21.9 Å². The van der Waals surface area contributed by atoms with E-state index < -0.39 is 34.1 Å². The van der Waals surface area contributed by atoms with Gasteiger partial charge in [0.2, 0.25) is 0 Å². The van der Waals surface area contributed by atoms with Crippen LogP contribution in [0, 0.1) is 0 Å². The van der Waals surface area contributed by atoms with Crippen LogP contribution in [0.25, 0.3) is 0 Å². The van der Waals surface area contributed by atoms with Crippen molar-refractivity contribution in [3.05, 3.63) is 59.9 Å². The van der Waals surface area contributed by atoms with Crippen LogP contribution in [0.4, 0.5) is 18.9 Å². The van der Waals surface area contributed by atoms with Gasteiger partial charge in [-0.1, -0.05) is 30.3 Å². The number of carbonyl (C=O) groups is 1. The number of halogens is 3. The van der Waals surface area contributed by atoms with Crippen LogP contribution in [-0.4, -0.2) is 42.9 Å². The molecule has 7 nitrogen and oxygen atoms in total. The Morgan fingerprint density at radius 1 is 1.12 bits per heavy atom. The van der Waals surface area contributed by atoms with Gasteiger partial charge >= 0.3 is 22.4 Å². The first kappa shape index (κ1) is 25.0. The average molecular weight is 486 g/mol. The highest BCUT2D eigenvalue weighted by molar-refractivity contribution is 7.90. The number of nitrogens with zero attached hydrogens (tertiary/aromatic N) is 2. The maximum atomic E-state index is 12.8. The number of anilines is 1. The van der Waals surface area contributed by atoms with E-state index in [1.807, 2.05) is 30.3 Å². The standard InChI is InChI=1S/C22H26F3N3O4S/c23-22(24,25)20-13-12-18(16-26-20)27-33(30,31)28-14-6-4-11-19(28)21(29)32-15-7-5-10-17-8-2-1-3-9-17/h1-3,8-9,12-13,16,19,27H,4-7,10-11,14-15H2. The van der Waals surface area contributed by atoms with Crippen LogP contribution in [0.5, 0.6) is 0 Å². The summed E-state index contributed by atoms with van der Waals surface area (Å²) in [7, 11) is -4.19. The summed E-state index contributed by atoms with van der Waals surface area (Å²) in [6.45, 7) is 0.295. The van der Waals surface area contributed by atoms with Crippen LogP contribution < -0.4 is 4.72 Å². The number of rotatable bonds is 9. The predicted molar refractivity (Wildman–Crippen MR) is 116 cm³/mol. The molecule has 1 unspecified atom stereocenters. The topological polar surface area (TPSA) is 88.6 Å². The zero-order chi connectivity index (χ0) is 23.9. The highest BCUT2D eigenvalue weighted by atomic mass is 32.2. The molecule has 0 radical (unpaired) electrons. The number of unbranched alkanes of at least 4 members (excludes halogenated alkanes) is 1. The van der Waals surface area contributed by atoms with Crippen LogP contribution in [0.15, 0.2) is 48.7 Å². The quantitative estimate of drug-likeness (QED) is 0.425. The van der Waals surface area contributed by atoms with Crippen molar-refractivity contribution in [2.75, 3.05) is 17.9 Å². The monoisotopic (exact) mass is 485 g/mol. The minimum absolute atomic E-state index is 0.108. The number of carbonyl (C=O) groups excluding carboxylic acids is 1. The number of hydrogen-bond acceptors (Lipinski definition) is 5. The Hall–Kier alpha value is -2.66. The van der Waals surface area contributed by atoms with Gasteiger partial charge in [-0.05, 0) is 56.2 Å². The lowest BCUT2D eigenvalue weighted by molar-refractivity contribution is -0.149. The Morgan fingerprint density at radius 3 is 2.55 bits per heavy atom. The smallest absolute Gasteiger partial charge is 0.433 e. The summed E-state index contributed by atoms with van der Waals surface area (Å²) in [6, 6.07) is 10.6. The molecule has 0 amide bonds. The third-order valence-electron chi connectivity index (χ3n) is 5.28. The van der Waals surface area contributed by atoms with Crippen molar-refractivity contribution in [1.82, 2.24) is 9.29 Å². The lowest BCUT2D eigenvalue weighted by Crippen LogP contribution is -2.50. The third-order valence-corrected chi connectivity index (χ3v) is 6.83. The molecule has 0 spiro atoms. The average Bonchev–Trinajstić information content (AvgIpc) is 2.79. The maximum absolute atomic E-state index is 12.8. The first-order chi connectivity index (χ1) is 15.7. The first-order valence-corrected chi connectivity index (χ1v) is 12.1. The summed E-state index contributed by atoms with van der Waals surface area (Å²) in [5, 5.41) is 0. The molecule has 2 aromatic rings. The molecule has 1 aliphatic rings. The van der Waals surface area contributed by atoms with Crippen LogP contribution in [0.2, 0.25) is 0 Å². The fourth-order valence-corrected chi connectivity index (χ4v) is 5.03. The molecule has 1 fully saturated rings. The van der Waals surface area contributed by atoms with Gasteiger partial charge in [-0.2, -0.15) is 25.9 Å². The Kier molecular flexibility index (Phi) is 8.30. The van der Waals surface area contributed by atoms with E-state index in [2.05, 4.69) is 9.71 Å². The SMILES string of the molecule is O=C(OCCCCc1ccccc1)C1CCCCN1S(=O)(=O)Nc1ccc(C(F)(F)F)nc1. The summed E-state index contributed by atoms with van der Waals surface area (Å²) in [6.07, 6.45) is 0.0454. The first-order valence-electron chi connectivity index (χ1n) is 10.7. The second kappa shape index (κ2) is 11.0. The maximum Gasteiger partial charge on any atom is 0.433 e. The molecule has 11 heteroatoms. The molecule has 1 aromatic carbocycles. The van der Waals surface area contributed by atoms with Crippen molar-refractivity contribution in [3.63, 3.8) is 0 Å². The summed E-state index contributed by atoms with van der Waals surface area (Å²) in [5.74, 6) is -0.620. The van der Waals surface area contributed by atoms with E-state index in [4.69, 9.17) is 4.74 Å². The van der Waals surface area contributed by atoms with Gasteiger partial charge in [-0.15, -0.1) is 0 Å². The summed E-state index contributed by atoms with van der Waals surface area (Å²) < 4.78 is 72.2. The van der Waals surface area contributed by atoms with Crippen molar-refractivity contribution < 1.29 is 31.1 Å². The summed E-state index contributed by atoms with van der Waals surface area (Å²) >= 11 is 0. The highest BCUT2D eigenvalue weighted by Crippen LogP contribution is 2.28. The van der Waals surface area contributed by atoms with Gasteiger partial charge in [0.1, 0.15) is 11.7 Å². The van der Waals surface area contributed by atoms with Crippen LogP contribution >= 0.6 is 0 Å². The zero-order valence-electron chi connectivity index (χ0n) is 17.9. The van der Waals surface area contributed by atoms with E-state index in [1.165, 1.54) is 5.56 Å². The number of alkyl halides is 3. The second-order valence-corrected chi connectivity index (χ2v) is 9.39. The van der Waals surface area contributed by atoms with Crippen molar-refractivity contribution in [1.29, 1.82) is 0 Å². The number of aryl methyl sites for hydroxylation is 1. The normalized spacial score (nSPS) is 17.5. The minimum Gasteiger partial charge on any atom is -0.464 e. The second-order valence-electron chi connectivity index (χ2n) is 7.77. The Bertz CT molecular complexity index is 1020. The molecule has 2 heterocycles. The van der Waals surface area contributed by atoms with Crippen LogP contribution in [0.1, 0.15) is 43.4 Å². The fraction of sp³-hybridized carbons (Fsp3) is 0.455. The van der Waals surface area contributed by atoms with E-state index in [9.17, 15) is 26.4 Å². The van der Waals surface area contributed by atoms with E-state index in [0.717, 1.165) is 29.4 Å². The molecule has 0 bridgehead atoms. The van der Waals surface area contributed by atoms with Crippen LogP contribution in [-0.2, 0) is 32.3 Å². The lowest BCUT2D eigenvalue weighted by Gasteiger charge is -2.33. The zero-order valence-corrected chi connectivity index (χ0v) is 18.7. The van der Waals surface area contributed by atoms with Gasteiger partial charge < -0.3 is 4.74 Å². The van der Waals surface area contributed by atoms with Gasteiger partial charge in [0, 0.05) is 6.54 Å². The molecule has 1 atom stereocenters. The van der Waals surface area contributed by atoms with E-state index in [-0.39, 0.29) is 18.8 Å². The largest absolute Gasteiger partial charge is 0.464 e. The predicted octanol–water partition coefficient (Wildman–Crippen LogP) is 4.18. The van der Waals surface area contributed by atoms with Gasteiger partial charge in [-0.25, -0.2) is 4.98 Å². The molecule has 0 aliphatic carbocycles.